The Labute approximate surface area is 187 Å². The van der Waals surface area contributed by atoms with Gasteiger partial charge in [-0.1, -0.05) is 39.0 Å². The maximum atomic E-state index is 13.0. The zero-order valence-corrected chi connectivity index (χ0v) is 19.2. The van der Waals surface area contributed by atoms with Gasteiger partial charge in [-0.3, -0.25) is 9.59 Å². The minimum atomic E-state index is -0.643. The Kier molecular flexibility index (Phi) is 7.87. The highest BCUT2D eigenvalue weighted by Crippen LogP contribution is 2.41. The van der Waals surface area contributed by atoms with Gasteiger partial charge < -0.3 is 19.6 Å². The zero-order chi connectivity index (χ0) is 22.4. The van der Waals surface area contributed by atoms with Gasteiger partial charge in [0.2, 0.25) is 0 Å². The molecule has 7 heteroatoms. The van der Waals surface area contributed by atoms with E-state index in [0.717, 1.165) is 24.4 Å². The zero-order valence-electron chi connectivity index (χ0n) is 18.3. The van der Waals surface area contributed by atoms with Crippen molar-refractivity contribution in [2.24, 2.45) is 0 Å². The number of aliphatic hydroxyl groups is 1. The quantitative estimate of drug-likeness (QED) is 0.337. The summed E-state index contributed by atoms with van der Waals surface area (Å²) in [7, 11) is 0. The fourth-order valence-corrected chi connectivity index (χ4v) is 4.60. The lowest BCUT2D eigenvalue weighted by Crippen LogP contribution is -2.37. The number of hydrogen-bond acceptors (Lipinski definition) is 6. The molecule has 1 fully saturated rings. The standard InChI is InChI=1S/C24H30N2O4S/c1-4-14-30-18-10-7-9-17(16-18)22(27)20-21(19-11-8-15-31-19)26(24(29)23(20)28)13-12-25(5-2)6-3/h7-11,15-16,21,27H,4-6,12-14H2,1-3H3/b22-20+. The fourth-order valence-electron chi connectivity index (χ4n) is 3.75. The average molecular weight is 443 g/mol. The molecule has 0 bridgehead atoms. The first kappa shape index (κ1) is 23.0. The fraction of sp³-hybridized carbons (Fsp3) is 0.417. The summed E-state index contributed by atoms with van der Waals surface area (Å²) < 4.78 is 5.67. The molecular formula is C24H30N2O4S. The molecule has 0 saturated carbocycles. The number of benzene rings is 1. The minimum Gasteiger partial charge on any atom is -0.507 e. The van der Waals surface area contributed by atoms with E-state index in [2.05, 4.69) is 18.7 Å². The molecule has 1 amide bonds. The Hall–Kier alpha value is -2.64. The molecule has 2 aromatic rings. The van der Waals surface area contributed by atoms with Crippen molar-refractivity contribution in [3.8, 4) is 5.75 Å². The van der Waals surface area contributed by atoms with Crippen LogP contribution in [0.1, 0.15) is 43.7 Å². The number of nitrogens with zero attached hydrogens (tertiary/aromatic N) is 2. The third kappa shape index (κ3) is 4.99. The van der Waals surface area contributed by atoms with Gasteiger partial charge in [0.1, 0.15) is 11.5 Å². The lowest BCUT2D eigenvalue weighted by Gasteiger charge is -2.27. The number of likely N-dealkylation sites (N-methyl/N-ethyl adjacent to an activating group) is 1. The second-order valence-electron chi connectivity index (χ2n) is 7.41. The van der Waals surface area contributed by atoms with Crippen LogP contribution in [0.25, 0.3) is 5.76 Å². The highest BCUT2D eigenvalue weighted by Gasteiger charge is 2.46. The summed E-state index contributed by atoms with van der Waals surface area (Å²) in [5.41, 5.74) is 0.608. The van der Waals surface area contributed by atoms with E-state index >= 15 is 0 Å². The molecule has 0 radical (unpaired) electrons. The number of ketones is 1. The molecule has 6 nitrogen and oxygen atoms in total. The van der Waals surface area contributed by atoms with E-state index in [0.29, 0.717) is 31.0 Å². The van der Waals surface area contributed by atoms with Crippen LogP contribution in [0.15, 0.2) is 47.4 Å². The number of amides is 1. The summed E-state index contributed by atoms with van der Waals surface area (Å²) in [4.78, 5) is 30.6. The first-order chi connectivity index (χ1) is 15.0. The molecule has 1 aliphatic rings. The number of aliphatic hydroxyl groups excluding tert-OH is 1. The Bertz CT molecular complexity index is 935. The highest BCUT2D eigenvalue weighted by atomic mass is 32.1. The molecule has 1 unspecified atom stereocenters. The van der Waals surface area contributed by atoms with Gasteiger partial charge in [0, 0.05) is 23.5 Å². The van der Waals surface area contributed by atoms with E-state index in [1.54, 1.807) is 23.1 Å². The van der Waals surface area contributed by atoms with Crippen LogP contribution in [0.3, 0.4) is 0 Å². The molecule has 1 atom stereocenters. The molecule has 3 rings (SSSR count). The van der Waals surface area contributed by atoms with Crippen LogP contribution in [-0.2, 0) is 9.59 Å². The van der Waals surface area contributed by atoms with Crippen molar-refractivity contribution in [2.45, 2.75) is 33.2 Å². The van der Waals surface area contributed by atoms with Gasteiger partial charge in [0.05, 0.1) is 18.2 Å². The minimum absolute atomic E-state index is 0.139. The van der Waals surface area contributed by atoms with Gasteiger partial charge >= 0.3 is 0 Å². The van der Waals surface area contributed by atoms with Crippen molar-refractivity contribution in [2.75, 3.05) is 32.8 Å². The van der Waals surface area contributed by atoms with E-state index in [4.69, 9.17) is 4.74 Å². The van der Waals surface area contributed by atoms with Crippen molar-refractivity contribution in [3.63, 3.8) is 0 Å². The maximum absolute atomic E-state index is 13.0. The molecule has 0 aliphatic carbocycles. The van der Waals surface area contributed by atoms with Gasteiger partial charge in [-0.05, 0) is 43.1 Å². The lowest BCUT2D eigenvalue weighted by molar-refractivity contribution is -0.140. The van der Waals surface area contributed by atoms with E-state index in [1.807, 2.05) is 30.5 Å². The topological polar surface area (TPSA) is 70.1 Å². The third-order valence-electron chi connectivity index (χ3n) is 5.48. The molecule has 1 aromatic heterocycles. The van der Waals surface area contributed by atoms with Crippen LogP contribution in [0.2, 0.25) is 0 Å². The summed E-state index contributed by atoms with van der Waals surface area (Å²) >= 11 is 1.47. The van der Waals surface area contributed by atoms with Gasteiger partial charge in [-0.15, -0.1) is 11.3 Å². The molecule has 1 aliphatic heterocycles. The van der Waals surface area contributed by atoms with E-state index < -0.39 is 17.7 Å². The summed E-state index contributed by atoms with van der Waals surface area (Å²) in [6, 6.07) is 10.2. The molecule has 1 saturated heterocycles. The number of carbonyl (C=O) groups is 2. The SMILES string of the molecule is CCCOc1cccc(/C(O)=C2\C(=O)C(=O)N(CCN(CC)CC)C2c2cccs2)c1. The number of rotatable bonds is 10. The maximum Gasteiger partial charge on any atom is 0.295 e. The van der Waals surface area contributed by atoms with E-state index in [-0.39, 0.29) is 11.3 Å². The smallest absolute Gasteiger partial charge is 0.295 e. The number of Topliss-reactive ketones (excluding diaryl/α,β-unsaturated/α-hetero) is 1. The Balaban J connectivity index is 2.01. The first-order valence-corrected chi connectivity index (χ1v) is 11.7. The number of thiophene rings is 1. The number of carbonyl (C=O) groups excluding carboxylic acids is 2. The Morgan fingerprint density at radius 3 is 2.58 bits per heavy atom. The molecule has 1 aromatic carbocycles. The van der Waals surface area contributed by atoms with Gasteiger partial charge in [-0.25, -0.2) is 0 Å². The van der Waals surface area contributed by atoms with Crippen LogP contribution in [0.4, 0.5) is 0 Å². The van der Waals surface area contributed by atoms with Crippen molar-refractivity contribution in [3.05, 3.63) is 57.8 Å². The average Bonchev–Trinajstić information content (AvgIpc) is 3.40. The monoisotopic (exact) mass is 442 g/mol. The number of hydrogen-bond donors (Lipinski definition) is 1. The van der Waals surface area contributed by atoms with Crippen LogP contribution in [0, 0.1) is 0 Å². The number of ether oxygens (including phenoxy) is 1. The normalized spacial score (nSPS) is 18.2. The van der Waals surface area contributed by atoms with E-state index in [9.17, 15) is 14.7 Å². The van der Waals surface area contributed by atoms with E-state index in [1.165, 1.54) is 11.3 Å². The summed E-state index contributed by atoms with van der Waals surface area (Å²) in [6.45, 7) is 9.56. The summed E-state index contributed by atoms with van der Waals surface area (Å²) in [5.74, 6) is -0.751. The van der Waals surface area contributed by atoms with Crippen molar-refractivity contribution >= 4 is 28.8 Å². The van der Waals surface area contributed by atoms with Gasteiger partial charge in [-0.2, -0.15) is 0 Å². The molecule has 0 spiro atoms. The second-order valence-corrected chi connectivity index (χ2v) is 8.39. The van der Waals surface area contributed by atoms with Crippen molar-refractivity contribution in [1.29, 1.82) is 0 Å². The van der Waals surface area contributed by atoms with Crippen LogP contribution < -0.4 is 4.74 Å². The molecule has 166 valence electrons. The lowest BCUT2D eigenvalue weighted by atomic mass is 9.99. The summed E-state index contributed by atoms with van der Waals surface area (Å²) in [6.07, 6.45) is 0.867. The predicted octanol–water partition coefficient (Wildman–Crippen LogP) is 4.30. The van der Waals surface area contributed by atoms with Crippen molar-refractivity contribution in [1.82, 2.24) is 9.80 Å². The Morgan fingerprint density at radius 2 is 1.94 bits per heavy atom. The Morgan fingerprint density at radius 1 is 1.16 bits per heavy atom. The summed E-state index contributed by atoms with van der Waals surface area (Å²) in [5, 5.41) is 13.0. The van der Waals surface area contributed by atoms with Crippen molar-refractivity contribution < 1.29 is 19.4 Å². The van der Waals surface area contributed by atoms with Gasteiger partial charge in [0.25, 0.3) is 11.7 Å². The molecule has 2 heterocycles. The second kappa shape index (κ2) is 10.6. The molecule has 31 heavy (non-hydrogen) atoms. The largest absolute Gasteiger partial charge is 0.507 e. The third-order valence-corrected chi connectivity index (χ3v) is 6.41. The van der Waals surface area contributed by atoms with Crippen LogP contribution >= 0.6 is 11.3 Å². The first-order valence-electron chi connectivity index (χ1n) is 10.8. The van der Waals surface area contributed by atoms with Gasteiger partial charge in [0.15, 0.2) is 0 Å². The number of likely N-dealkylation sites (tertiary alicyclic amines) is 1. The predicted molar refractivity (Wildman–Crippen MR) is 123 cm³/mol. The van der Waals surface area contributed by atoms with Crippen LogP contribution in [-0.4, -0.2) is 59.4 Å². The molecule has 1 N–H and O–H groups in total. The highest BCUT2D eigenvalue weighted by molar-refractivity contribution is 7.10. The van der Waals surface area contributed by atoms with Crippen LogP contribution in [0.5, 0.6) is 5.75 Å². The molecular weight excluding hydrogens is 412 g/mol.